The number of rotatable bonds is 3. The molecular formula is C12H13ClN6S. The quantitative estimate of drug-likeness (QED) is 0.942. The van der Waals surface area contributed by atoms with Crippen LogP contribution in [0.2, 0.25) is 5.15 Å². The summed E-state index contributed by atoms with van der Waals surface area (Å²) in [5.41, 5.74) is 0.396. The smallest absolute Gasteiger partial charge is 0.162 e. The molecule has 0 amide bonds. The topological polar surface area (TPSA) is 79.4 Å². The monoisotopic (exact) mass is 308 g/mol. The van der Waals surface area contributed by atoms with Crippen molar-refractivity contribution in [3.05, 3.63) is 22.4 Å². The van der Waals surface area contributed by atoms with Crippen LogP contribution in [0.3, 0.4) is 0 Å². The summed E-state index contributed by atoms with van der Waals surface area (Å²) < 4.78 is 6.14. The van der Waals surface area contributed by atoms with Crippen LogP contribution in [0.5, 0.6) is 0 Å². The number of halogens is 1. The van der Waals surface area contributed by atoms with Gasteiger partial charge in [0.25, 0.3) is 0 Å². The maximum absolute atomic E-state index is 9.03. The predicted octanol–water partition coefficient (Wildman–Crippen LogP) is 2.60. The first-order chi connectivity index (χ1) is 9.79. The molecule has 1 aliphatic heterocycles. The Morgan fingerprint density at radius 2 is 2.25 bits per heavy atom. The van der Waals surface area contributed by atoms with Gasteiger partial charge in [-0.2, -0.15) is 9.64 Å². The fraction of sp³-hybridized carbons (Fsp3) is 0.500. The van der Waals surface area contributed by atoms with Crippen LogP contribution >= 0.6 is 23.1 Å². The molecule has 6 nitrogen and oxygen atoms in total. The highest BCUT2D eigenvalue weighted by atomic mass is 35.5. The second-order valence-electron chi connectivity index (χ2n) is 4.64. The minimum absolute atomic E-state index is 0.250. The molecule has 2 aromatic heterocycles. The fourth-order valence-corrected chi connectivity index (χ4v) is 3.25. The van der Waals surface area contributed by atoms with Gasteiger partial charge in [0.05, 0.1) is 6.54 Å². The number of fused-ring (bicyclic) bond motifs is 1. The molecule has 0 fully saturated rings. The Morgan fingerprint density at radius 3 is 3.10 bits per heavy atom. The van der Waals surface area contributed by atoms with Gasteiger partial charge < -0.3 is 9.88 Å². The van der Waals surface area contributed by atoms with Crippen LogP contribution < -0.4 is 5.32 Å². The van der Waals surface area contributed by atoms with Crippen molar-refractivity contribution in [2.24, 2.45) is 0 Å². The second kappa shape index (κ2) is 5.77. The third-order valence-electron chi connectivity index (χ3n) is 3.36. The summed E-state index contributed by atoms with van der Waals surface area (Å²) in [5.74, 6) is 1.96. The van der Waals surface area contributed by atoms with E-state index in [1.165, 1.54) is 24.4 Å². The lowest BCUT2D eigenvalue weighted by atomic mass is 10.2. The minimum atomic E-state index is 0.250. The number of aryl methyl sites for hydroxylation is 1. The summed E-state index contributed by atoms with van der Waals surface area (Å²) in [6.07, 6.45) is 4.56. The molecule has 0 unspecified atom stereocenters. The van der Waals surface area contributed by atoms with Gasteiger partial charge in [0.15, 0.2) is 11.0 Å². The first-order valence-corrected chi connectivity index (χ1v) is 7.65. The fourth-order valence-electron chi connectivity index (χ4n) is 2.32. The summed E-state index contributed by atoms with van der Waals surface area (Å²) in [7, 11) is 0. The summed E-state index contributed by atoms with van der Waals surface area (Å²) in [6, 6.07) is 2.06. The Labute approximate surface area is 125 Å². The van der Waals surface area contributed by atoms with E-state index < -0.39 is 0 Å². The number of anilines is 1. The molecule has 3 heterocycles. The Hall–Kier alpha value is -1.65. The summed E-state index contributed by atoms with van der Waals surface area (Å²) in [5, 5.41) is 21.6. The van der Waals surface area contributed by atoms with Gasteiger partial charge in [0.1, 0.15) is 22.5 Å². The molecule has 0 aliphatic carbocycles. The molecule has 0 bridgehead atoms. The maximum atomic E-state index is 9.03. The van der Waals surface area contributed by atoms with E-state index in [1.54, 1.807) is 0 Å². The van der Waals surface area contributed by atoms with Gasteiger partial charge in [0, 0.05) is 13.0 Å². The molecule has 1 N–H and O–H groups in total. The number of aromatic nitrogens is 4. The molecule has 0 radical (unpaired) electrons. The largest absolute Gasteiger partial charge is 0.367 e. The van der Waals surface area contributed by atoms with Gasteiger partial charge in [-0.05, 0) is 24.4 Å². The Morgan fingerprint density at radius 1 is 1.35 bits per heavy atom. The van der Waals surface area contributed by atoms with Gasteiger partial charge in [-0.25, -0.2) is 0 Å². The van der Waals surface area contributed by atoms with E-state index in [2.05, 4.69) is 30.5 Å². The van der Waals surface area contributed by atoms with Crippen molar-refractivity contribution in [3.63, 3.8) is 0 Å². The van der Waals surface area contributed by atoms with Crippen molar-refractivity contribution in [3.8, 4) is 6.07 Å². The van der Waals surface area contributed by atoms with Gasteiger partial charge >= 0.3 is 0 Å². The van der Waals surface area contributed by atoms with Gasteiger partial charge in [-0.3, -0.25) is 0 Å². The molecule has 0 spiro atoms. The number of hydrogen-bond donors (Lipinski definition) is 1. The SMILES string of the molecule is N#Cc1c(Cl)nsc1NCc1nnc2n1CCCCC2. The zero-order valence-corrected chi connectivity index (χ0v) is 12.3. The predicted molar refractivity (Wildman–Crippen MR) is 76.7 cm³/mol. The number of hydrogen-bond acceptors (Lipinski definition) is 6. The molecule has 0 saturated carbocycles. The summed E-state index contributed by atoms with van der Waals surface area (Å²) >= 11 is 7.04. The van der Waals surface area contributed by atoms with E-state index in [9.17, 15) is 0 Å². The van der Waals surface area contributed by atoms with E-state index in [0.29, 0.717) is 17.1 Å². The Bertz CT molecular complexity index is 655. The van der Waals surface area contributed by atoms with Crippen molar-refractivity contribution in [2.45, 2.75) is 38.8 Å². The number of nitrogens with one attached hydrogen (secondary N) is 1. The van der Waals surface area contributed by atoms with E-state index in [-0.39, 0.29) is 5.15 Å². The lowest BCUT2D eigenvalue weighted by molar-refractivity contribution is 0.610. The van der Waals surface area contributed by atoms with Crippen molar-refractivity contribution >= 4 is 28.1 Å². The summed E-state index contributed by atoms with van der Waals surface area (Å²) in [4.78, 5) is 0. The molecule has 0 saturated heterocycles. The zero-order chi connectivity index (χ0) is 13.9. The molecule has 2 aromatic rings. The van der Waals surface area contributed by atoms with Crippen LogP contribution in [-0.2, 0) is 19.5 Å². The molecule has 1 aliphatic rings. The van der Waals surface area contributed by atoms with Crippen LogP contribution in [-0.4, -0.2) is 19.1 Å². The van der Waals surface area contributed by atoms with Crippen molar-refractivity contribution in [1.82, 2.24) is 19.1 Å². The molecule has 8 heteroatoms. The highest BCUT2D eigenvalue weighted by molar-refractivity contribution is 7.10. The Kier molecular flexibility index (Phi) is 3.85. The molecule has 3 rings (SSSR count). The van der Waals surface area contributed by atoms with Crippen LogP contribution in [0.15, 0.2) is 0 Å². The van der Waals surface area contributed by atoms with Crippen LogP contribution in [0.25, 0.3) is 0 Å². The lowest BCUT2D eigenvalue weighted by Crippen LogP contribution is -2.10. The average molecular weight is 309 g/mol. The molecule has 0 aromatic carbocycles. The van der Waals surface area contributed by atoms with E-state index >= 15 is 0 Å². The first kappa shape index (κ1) is 13.3. The van der Waals surface area contributed by atoms with E-state index in [0.717, 1.165) is 31.0 Å². The summed E-state index contributed by atoms with van der Waals surface area (Å²) in [6.45, 7) is 1.49. The van der Waals surface area contributed by atoms with Crippen molar-refractivity contribution in [2.75, 3.05) is 5.32 Å². The zero-order valence-electron chi connectivity index (χ0n) is 10.8. The van der Waals surface area contributed by atoms with Crippen molar-refractivity contribution in [1.29, 1.82) is 5.26 Å². The Balaban J connectivity index is 1.76. The molecule has 104 valence electrons. The maximum Gasteiger partial charge on any atom is 0.162 e. The highest BCUT2D eigenvalue weighted by Crippen LogP contribution is 2.27. The van der Waals surface area contributed by atoms with Crippen LogP contribution in [0.1, 0.15) is 36.5 Å². The standard InChI is InChI=1S/C12H13ClN6S/c13-11-8(6-14)12(20-18-11)15-7-10-17-16-9-4-2-1-3-5-19(9)10/h15H,1-5,7H2. The molecule has 0 atom stereocenters. The van der Waals surface area contributed by atoms with E-state index in [1.807, 2.05) is 0 Å². The highest BCUT2D eigenvalue weighted by Gasteiger charge is 2.16. The van der Waals surface area contributed by atoms with Crippen molar-refractivity contribution < 1.29 is 0 Å². The third kappa shape index (κ3) is 2.49. The second-order valence-corrected chi connectivity index (χ2v) is 5.77. The van der Waals surface area contributed by atoms with Gasteiger partial charge in [0.2, 0.25) is 0 Å². The third-order valence-corrected chi connectivity index (χ3v) is 4.53. The molecule has 20 heavy (non-hydrogen) atoms. The lowest BCUT2D eigenvalue weighted by Gasteiger charge is -2.07. The normalized spacial score (nSPS) is 14.4. The van der Waals surface area contributed by atoms with E-state index in [4.69, 9.17) is 16.9 Å². The van der Waals surface area contributed by atoms with Crippen LogP contribution in [0, 0.1) is 11.3 Å². The number of nitrogens with zero attached hydrogens (tertiary/aromatic N) is 5. The average Bonchev–Trinajstić information content (AvgIpc) is 2.91. The van der Waals surface area contributed by atoms with Gasteiger partial charge in [-0.1, -0.05) is 18.0 Å². The van der Waals surface area contributed by atoms with Crippen LogP contribution in [0.4, 0.5) is 5.00 Å². The number of nitriles is 1. The first-order valence-electron chi connectivity index (χ1n) is 6.49. The minimum Gasteiger partial charge on any atom is -0.367 e. The molecular weight excluding hydrogens is 296 g/mol. The van der Waals surface area contributed by atoms with Gasteiger partial charge in [-0.15, -0.1) is 10.2 Å².